The van der Waals surface area contributed by atoms with Gasteiger partial charge in [0.25, 0.3) is 12.4 Å². The highest BCUT2D eigenvalue weighted by atomic mass is 32.1. The number of carboxylic acid groups (broad SMARTS) is 2. The Morgan fingerprint density at radius 2 is 2.03 bits per heavy atom. The smallest absolute Gasteiger partial charge is 0.407 e. The molecule has 0 spiro atoms. The molecule has 0 aliphatic carbocycles. The largest absolute Gasteiger partial charge is 0.483 e. The Kier molecular flexibility index (Phi) is 8.84. The minimum atomic E-state index is -0.896. The third kappa shape index (κ3) is 6.32. The fraction of sp³-hybridized carbons (Fsp3) is 0.545. The normalized spacial score (nSPS) is 21.1. The maximum absolute atomic E-state index is 12.9. The van der Waals surface area contributed by atoms with Gasteiger partial charge in [0, 0.05) is 43.3 Å². The molecule has 2 bridgehead atoms. The van der Waals surface area contributed by atoms with Crippen LogP contribution in [0.25, 0.3) is 10.9 Å². The number of hydrogen-bond donors (Lipinski definition) is 4. The number of carbonyl (C=O) groups is 3. The number of carbonyl (C=O) groups excluding carboxylic acids is 1. The second-order valence-corrected chi connectivity index (χ2v) is 9.04. The molecule has 3 aliphatic heterocycles. The molecule has 4 heterocycles. The zero-order chi connectivity index (χ0) is 23.8. The second kappa shape index (κ2) is 11.8. The van der Waals surface area contributed by atoms with Gasteiger partial charge in [-0.15, -0.1) is 0 Å². The van der Waals surface area contributed by atoms with Crippen LogP contribution in [-0.4, -0.2) is 88.2 Å². The van der Waals surface area contributed by atoms with Gasteiger partial charge in [-0.05, 0) is 68.0 Å². The number of piperidine rings is 3. The first-order valence-corrected chi connectivity index (χ1v) is 12.0. The molecule has 10 nitrogen and oxygen atoms in total. The van der Waals surface area contributed by atoms with Gasteiger partial charge in [0.05, 0.1) is 5.52 Å². The van der Waals surface area contributed by atoms with E-state index in [1.165, 1.54) is 29.3 Å². The molecule has 180 valence electrons. The molecule has 4 N–H and O–H groups in total. The van der Waals surface area contributed by atoms with Crippen molar-refractivity contribution in [1.82, 2.24) is 19.5 Å². The van der Waals surface area contributed by atoms with Crippen LogP contribution in [-0.2, 0) is 4.79 Å². The van der Waals surface area contributed by atoms with Crippen molar-refractivity contribution in [3.63, 3.8) is 0 Å². The lowest BCUT2D eigenvalue weighted by Crippen LogP contribution is -2.57. The van der Waals surface area contributed by atoms with Crippen LogP contribution < -0.4 is 10.6 Å². The number of fused-ring (bicyclic) bond motifs is 4. The van der Waals surface area contributed by atoms with E-state index in [4.69, 9.17) is 9.90 Å². The number of anilines is 1. The van der Waals surface area contributed by atoms with E-state index in [1.807, 2.05) is 25.1 Å². The van der Waals surface area contributed by atoms with E-state index in [0.717, 1.165) is 42.6 Å². The molecule has 11 heteroatoms. The number of nitrogens with one attached hydrogen (secondary N) is 2. The summed E-state index contributed by atoms with van der Waals surface area (Å²) in [6.45, 7) is 6.44. The fourth-order valence-electron chi connectivity index (χ4n) is 4.49. The lowest BCUT2D eigenvalue weighted by atomic mass is 9.84. The van der Waals surface area contributed by atoms with Gasteiger partial charge in [0.15, 0.2) is 0 Å². The highest BCUT2D eigenvalue weighted by Gasteiger charge is 2.35. The Hall–Kier alpha value is -2.92. The van der Waals surface area contributed by atoms with Crippen LogP contribution in [0.15, 0.2) is 18.2 Å². The van der Waals surface area contributed by atoms with Gasteiger partial charge in [-0.3, -0.25) is 9.59 Å². The van der Waals surface area contributed by atoms with E-state index in [1.54, 1.807) is 0 Å². The topological polar surface area (TPSA) is 135 Å². The number of rotatable bonds is 8. The molecule has 2 aromatic rings. The molecule has 2 amide bonds. The Balaban J connectivity index is 0.000000968. The average Bonchev–Trinajstić information content (AvgIpc) is 3.23. The molecule has 1 aromatic heterocycles. The summed E-state index contributed by atoms with van der Waals surface area (Å²) >= 11 is 1.24. The van der Waals surface area contributed by atoms with Crippen molar-refractivity contribution < 1.29 is 24.6 Å². The van der Waals surface area contributed by atoms with Crippen molar-refractivity contribution >= 4 is 46.6 Å². The third-order valence-electron chi connectivity index (χ3n) is 6.13. The van der Waals surface area contributed by atoms with Gasteiger partial charge in [-0.2, -0.15) is 4.37 Å². The lowest BCUT2D eigenvalue weighted by Gasteiger charge is -2.44. The maximum Gasteiger partial charge on any atom is 0.407 e. The van der Waals surface area contributed by atoms with Crippen molar-refractivity contribution in [3.05, 3.63) is 23.1 Å². The van der Waals surface area contributed by atoms with Gasteiger partial charge in [0.1, 0.15) is 4.88 Å². The molecule has 0 unspecified atom stereocenters. The summed E-state index contributed by atoms with van der Waals surface area (Å²) in [5.41, 5.74) is 1.66. The second-order valence-electron chi connectivity index (χ2n) is 8.26. The number of benzene rings is 1. The molecule has 3 fully saturated rings. The van der Waals surface area contributed by atoms with E-state index in [-0.39, 0.29) is 18.4 Å². The Bertz CT molecular complexity index is 960. The van der Waals surface area contributed by atoms with E-state index in [0.29, 0.717) is 30.4 Å². The maximum atomic E-state index is 12.9. The number of amides is 2. The average molecular weight is 478 g/mol. The minimum absolute atomic E-state index is 0.0291. The van der Waals surface area contributed by atoms with Crippen molar-refractivity contribution in [1.29, 1.82) is 0 Å². The monoisotopic (exact) mass is 477 g/mol. The summed E-state index contributed by atoms with van der Waals surface area (Å²) in [5, 5.41) is 23.4. The van der Waals surface area contributed by atoms with Crippen LogP contribution in [0.4, 0.5) is 10.5 Å². The Labute approximate surface area is 196 Å². The molecule has 0 saturated carbocycles. The van der Waals surface area contributed by atoms with Crippen LogP contribution in [0.1, 0.15) is 35.9 Å². The quantitative estimate of drug-likeness (QED) is 0.426. The van der Waals surface area contributed by atoms with E-state index < -0.39 is 6.09 Å². The number of aromatic nitrogens is 1. The van der Waals surface area contributed by atoms with Gasteiger partial charge >= 0.3 is 6.09 Å². The minimum Gasteiger partial charge on any atom is -0.483 e. The van der Waals surface area contributed by atoms with E-state index in [2.05, 4.69) is 19.9 Å². The molecule has 3 aliphatic rings. The molecule has 1 atom stereocenters. The lowest BCUT2D eigenvalue weighted by molar-refractivity contribution is -0.122. The SMILES string of the molecule is CCCN(CCNc1ccc2c(C(=O)N[C@@H]3CN4CCC3CC4)snc2c1)C(=O)O.O=CO. The highest BCUT2D eigenvalue weighted by molar-refractivity contribution is 7.09. The highest BCUT2D eigenvalue weighted by Crippen LogP contribution is 2.29. The van der Waals surface area contributed by atoms with Crippen LogP contribution in [0.2, 0.25) is 0 Å². The first-order valence-electron chi connectivity index (χ1n) is 11.2. The Morgan fingerprint density at radius 3 is 2.64 bits per heavy atom. The molecular weight excluding hydrogens is 446 g/mol. The molecule has 5 rings (SSSR count). The summed E-state index contributed by atoms with van der Waals surface area (Å²) in [4.78, 5) is 37.0. The summed E-state index contributed by atoms with van der Waals surface area (Å²) < 4.78 is 4.47. The molecule has 33 heavy (non-hydrogen) atoms. The van der Waals surface area contributed by atoms with Crippen LogP contribution in [0, 0.1) is 5.92 Å². The van der Waals surface area contributed by atoms with Gasteiger partial charge in [-0.1, -0.05) is 6.92 Å². The standard InChI is InChI=1S/C21H29N5O3S.CH2O2/c1-2-8-26(21(28)29)11-7-22-15-3-4-16-17(12-15)24-30-19(16)20(27)23-18-13-25-9-5-14(18)6-10-25;2-1-3/h3-4,12,14,18,22H,2,5-11,13H2,1H3,(H,23,27)(H,28,29);1H,(H,2,3)/t18-;/m1./s1. The molecule has 3 saturated heterocycles. The first-order chi connectivity index (χ1) is 16.0. The van der Waals surface area contributed by atoms with E-state index >= 15 is 0 Å². The molecule has 0 radical (unpaired) electrons. The fourth-order valence-corrected chi connectivity index (χ4v) is 5.24. The summed E-state index contributed by atoms with van der Waals surface area (Å²) in [7, 11) is 0. The summed E-state index contributed by atoms with van der Waals surface area (Å²) in [5.74, 6) is 0.561. The summed E-state index contributed by atoms with van der Waals surface area (Å²) in [6, 6.07) is 6.00. The summed E-state index contributed by atoms with van der Waals surface area (Å²) in [6.07, 6.45) is 2.23. The van der Waals surface area contributed by atoms with Gasteiger partial charge < -0.3 is 30.6 Å². The van der Waals surface area contributed by atoms with Gasteiger partial charge in [-0.25, -0.2) is 4.79 Å². The Morgan fingerprint density at radius 1 is 1.30 bits per heavy atom. The van der Waals surface area contributed by atoms with E-state index in [9.17, 15) is 14.7 Å². The van der Waals surface area contributed by atoms with Crippen LogP contribution in [0.5, 0.6) is 0 Å². The zero-order valence-corrected chi connectivity index (χ0v) is 19.5. The van der Waals surface area contributed by atoms with Crippen LogP contribution >= 0.6 is 11.5 Å². The predicted molar refractivity (Wildman–Crippen MR) is 127 cm³/mol. The van der Waals surface area contributed by atoms with Crippen molar-refractivity contribution in [2.45, 2.75) is 32.2 Å². The van der Waals surface area contributed by atoms with Crippen molar-refractivity contribution in [2.24, 2.45) is 5.92 Å². The van der Waals surface area contributed by atoms with Crippen molar-refractivity contribution in [3.8, 4) is 0 Å². The number of nitrogens with zero attached hydrogens (tertiary/aromatic N) is 3. The van der Waals surface area contributed by atoms with Gasteiger partial charge in [0.2, 0.25) is 0 Å². The number of hydrogen-bond acceptors (Lipinski definition) is 7. The predicted octanol–water partition coefficient (Wildman–Crippen LogP) is 2.62. The third-order valence-corrected chi connectivity index (χ3v) is 7.01. The molecular formula is C22H31N5O5S. The zero-order valence-electron chi connectivity index (χ0n) is 18.7. The van der Waals surface area contributed by atoms with Crippen LogP contribution in [0.3, 0.4) is 0 Å². The first kappa shape index (κ1) is 24.7. The molecule has 1 aromatic carbocycles. The van der Waals surface area contributed by atoms with Crippen molar-refractivity contribution in [2.75, 3.05) is 44.6 Å².